The van der Waals surface area contributed by atoms with Gasteiger partial charge in [-0.25, -0.2) is 0 Å². The molecule has 6 heteroatoms. The van der Waals surface area contributed by atoms with Crippen molar-refractivity contribution in [2.45, 2.75) is 31.9 Å². The highest BCUT2D eigenvalue weighted by molar-refractivity contribution is 5.93. The first kappa shape index (κ1) is 19.5. The van der Waals surface area contributed by atoms with Crippen molar-refractivity contribution < 1.29 is 9.84 Å². The van der Waals surface area contributed by atoms with Crippen molar-refractivity contribution in [2.24, 2.45) is 0 Å². The molecule has 2 N–H and O–H groups in total. The van der Waals surface area contributed by atoms with Crippen LogP contribution in [0.15, 0.2) is 42.6 Å². The predicted octanol–water partition coefficient (Wildman–Crippen LogP) is 3.41. The van der Waals surface area contributed by atoms with Gasteiger partial charge < -0.3 is 19.7 Å². The van der Waals surface area contributed by atoms with Gasteiger partial charge in [0, 0.05) is 66.8 Å². The van der Waals surface area contributed by atoms with E-state index in [1.807, 2.05) is 13.1 Å². The van der Waals surface area contributed by atoms with Gasteiger partial charge in [0.25, 0.3) is 0 Å². The number of hydrogen-bond donors (Lipinski definition) is 2. The Morgan fingerprint density at radius 2 is 1.80 bits per heavy atom. The molecule has 158 valence electrons. The molecule has 0 unspecified atom stereocenters. The van der Waals surface area contributed by atoms with Gasteiger partial charge in [0.15, 0.2) is 0 Å². The van der Waals surface area contributed by atoms with Crippen molar-refractivity contribution in [2.75, 3.05) is 44.3 Å². The fraction of sp³-hybridized carbons (Fsp3) is 0.458. The molecular weight excluding hydrogens is 376 g/mol. The van der Waals surface area contributed by atoms with Crippen molar-refractivity contribution in [1.82, 2.24) is 14.9 Å². The molecule has 2 aliphatic rings. The van der Waals surface area contributed by atoms with Crippen molar-refractivity contribution in [3.63, 3.8) is 0 Å². The van der Waals surface area contributed by atoms with E-state index in [2.05, 4.69) is 51.2 Å². The lowest BCUT2D eigenvalue weighted by molar-refractivity contribution is 0.0337. The number of ether oxygens (including phenoxy) is 1. The van der Waals surface area contributed by atoms with Crippen LogP contribution in [0.3, 0.4) is 0 Å². The number of H-pyrrole nitrogens is 1. The molecule has 6 nitrogen and oxygen atoms in total. The number of aromatic nitrogens is 2. The van der Waals surface area contributed by atoms with Gasteiger partial charge in [-0.1, -0.05) is 12.1 Å². The molecule has 2 fully saturated rings. The zero-order chi connectivity index (χ0) is 20.6. The Labute approximate surface area is 177 Å². The van der Waals surface area contributed by atoms with E-state index in [0.717, 1.165) is 75.6 Å². The van der Waals surface area contributed by atoms with Gasteiger partial charge in [0.2, 0.25) is 0 Å². The number of fused-ring (bicyclic) bond motifs is 1. The molecule has 3 aromatic rings. The SMILES string of the molecule is CC1(O)CCN(c2ccc(-c3nccc4[nH]c(CN5CCOCC5)cc34)cc2)CC1. The molecule has 4 heterocycles. The third-order valence-corrected chi connectivity index (χ3v) is 6.45. The Balaban J connectivity index is 1.36. The standard InChI is InChI=1S/C24H30N4O2/c1-24(29)7-10-28(11-8-24)20-4-2-18(3-5-20)23-21-16-19(26-22(21)6-9-25-23)17-27-12-14-30-15-13-27/h2-6,9,16,26,29H,7-8,10-15,17H2,1H3. The summed E-state index contributed by atoms with van der Waals surface area (Å²) in [5, 5.41) is 11.4. The highest BCUT2D eigenvalue weighted by Gasteiger charge is 2.27. The first-order valence-electron chi connectivity index (χ1n) is 10.9. The van der Waals surface area contributed by atoms with Crippen LogP contribution in [0.1, 0.15) is 25.5 Å². The van der Waals surface area contributed by atoms with Crippen LogP contribution in [-0.2, 0) is 11.3 Å². The van der Waals surface area contributed by atoms with Crippen LogP contribution in [-0.4, -0.2) is 65.0 Å². The molecule has 0 atom stereocenters. The Hall–Kier alpha value is -2.41. The topological polar surface area (TPSA) is 64.6 Å². The minimum atomic E-state index is -0.525. The van der Waals surface area contributed by atoms with Gasteiger partial charge in [-0.05, 0) is 44.0 Å². The molecule has 0 saturated carbocycles. The van der Waals surface area contributed by atoms with Gasteiger partial charge in [-0.15, -0.1) is 0 Å². The van der Waals surface area contributed by atoms with Crippen molar-refractivity contribution in [1.29, 1.82) is 0 Å². The minimum absolute atomic E-state index is 0.525. The highest BCUT2D eigenvalue weighted by atomic mass is 16.5. The van der Waals surface area contributed by atoms with Gasteiger partial charge >= 0.3 is 0 Å². The Kier molecular flexibility index (Phi) is 5.23. The maximum Gasteiger partial charge on any atom is 0.0795 e. The first-order valence-corrected chi connectivity index (χ1v) is 10.9. The van der Waals surface area contributed by atoms with E-state index >= 15 is 0 Å². The van der Waals surface area contributed by atoms with Crippen molar-refractivity contribution >= 4 is 16.6 Å². The predicted molar refractivity (Wildman–Crippen MR) is 120 cm³/mol. The maximum absolute atomic E-state index is 10.2. The summed E-state index contributed by atoms with van der Waals surface area (Å²) in [6, 6.07) is 13.0. The number of anilines is 1. The number of nitrogens with zero attached hydrogens (tertiary/aromatic N) is 3. The van der Waals surface area contributed by atoms with Crippen molar-refractivity contribution in [3.8, 4) is 11.3 Å². The lowest BCUT2D eigenvalue weighted by Gasteiger charge is -2.37. The van der Waals surface area contributed by atoms with Crippen molar-refractivity contribution in [3.05, 3.63) is 48.3 Å². The van der Waals surface area contributed by atoms with Gasteiger partial charge in [-0.3, -0.25) is 9.88 Å². The lowest BCUT2D eigenvalue weighted by atomic mass is 9.93. The number of hydrogen-bond acceptors (Lipinski definition) is 5. The highest BCUT2D eigenvalue weighted by Crippen LogP contribution is 2.31. The number of pyridine rings is 1. The Morgan fingerprint density at radius 3 is 2.53 bits per heavy atom. The van der Waals surface area contributed by atoms with Crippen LogP contribution in [0.2, 0.25) is 0 Å². The van der Waals surface area contributed by atoms with Crippen LogP contribution < -0.4 is 4.90 Å². The molecule has 1 aromatic carbocycles. The summed E-state index contributed by atoms with van der Waals surface area (Å²) >= 11 is 0. The summed E-state index contributed by atoms with van der Waals surface area (Å²) in [6.07, 6.45) is 3.50. The molecule has 0 aliphatic carbocycles. The molecule has 5 rings (SSSR count). The number of rotatable bonds is 4. The monoisotopic (exact) mass is 406 g/mol. The van der Waals surface area contributed by atoms with E-state index in [-0.39, 0.29) is 0 Å². The normalized spacial score (nSPS) is 20.0. The second kappa shape index (κ2) is 8.02. The van der Waals surface area contributed by atoms with E-state index in [1.165, 1.54) is 16.8 Å². The quantitative estimate of drug-likeness (QED) is 0.695. The molecule has 2 saturated heterocycles. The van der Waals surface area contributed by atoms with E-state index < -0.39 is 5.60 Å². The minimum Gasteiger partial charge on any atom is -0.390 e. The fourth-order valence-electron chi connectivity index (χ4n) is 4.50. The second-order valence-corrected chi connectivity index (χ2v) is 8.83. The van der Waals surface area contributed by atoms with E-state index in [1.54, 1.807) is 0 Å². The molecular formula is C24H30N4O2. The molecule has 0 spiro atoms. The third-order valence-electron chi connectivity index (χ3n) is 6.45. The van der Waals surface area contributed by atoms with Crippen LogP contribution in [0, 0.1) is 0 Å². The van der Waals surface area contributed by atoms with E-state index in [9.17, 15) is 5.11 Å². The number of aromatic amines is 1. The summed E-state index contributed by atoms with van der Waals surface area (Å²) in [5.74, 6) is 0. The summed E-state index contributed by atoms with van der Waals surface area (Å²) in [4.78, 5) is 13.0. The van der Waals surface area contributed by atoms with Crippen LogP contribution >= 0.6 is 0 Å². The molecule has 30 heavy (non-hydrogen) atoms. The zero-order valence-corrected chi connectivity index (χ0v) is 17.6. The second-order valence-electron chi connectivity index (χ2n) is 8.83. The van der Waals surface area contributed by atoms with Crippen LogP contribution in [0.4, 0.5) is 5.69 Å². The zero-order valence-electron chi connectivity index (χ0n) is 17.6. The number of aliphatic hydroxyl groups is 1. The smallest absolute Gasteiger partial charge is 0.0795 e. The van der Waals surface area contributed by atoms with Gasteiger partial charge in [0.1, 0.15) is 0 Å². The maximum atomic E-state index is 10.2. The Bertz CT molecular complexity index is 996. The van der Waals surface area contributed by atoms with Crippen LogP contribution in [0.25, 0.3) is 22.2 Å². The summed E-state index contributed by atoms with van der Waals surface area (Å²) in [5.41, 5.74) is 5.19. The number of nitrogens with one attached hydrogen (secondary N) is 1. The summed E-state index contributed by atoms with van der Waals surface area (Å²) in [7, 11) is 0. The molecule has 2 aliphatic heterocycles. The average Bonchev–Trinajstić information content (AvgIpc) is 3.17. The number of morpholine rings is 1. The molecule has 0 radical (unpaired) electrons. The number of piperidine rings is 1. The first-order chi connectivity index (χ1) is 14.6. The average molecular weight is 407 g/mol. The van der Waals surface area contributed by atoms with Crippen LogP contribution in [0.5, 0.6) is 0 Å². The molecule has 0 amide bonds. The third kappa shape index (κ3) is 4.08. The fourth-order valence-corrected chi connectivity index (χ4v) is 4.50. The molecule has 0 bridgehead atoms. The summed E-state index contributed by atoms with van der Waals surface area (Å²) < 4.78 is 5.46. The van der Waals surface area contributed by atoms with E-state index in [0.29, 0.717) is 0 Å². The Morgan fingerprint density at radius 1 is 1.07 bits per heavy atom. The summed E-state index contributed by atoms with van der Waals surface area (Å²) in [6.45, 7) is 8.22. The molecule has 2 aromatic heterocycles. The number of benzene rings is 1. The van der Waals surface area contributed by atoms with Gasteiger partial charge in [0.05, 0.1) is 24.5 Å². The largest absolute Gasteiger partial charge is 0.390 e. The van der Waals surface area contributed by atoms with E-state index in [4.69, 9.17) is 9.72 Å². The lowest BCUT2D eigenvalue weighted by Crippen LogP contribution is -2.42. The van der Waals surface area contributed by atoms with Gasteiger partial charge in [-0.2, -0.15) is 0 Å².